The minimum atomic E-state index is -1.57. The Morgan fingerprint density at radius 2 is 0.800 bits per heavy atom. The quantitative estimate of drug-likeness (QED) is 0.0261. The van der Waals surface area contributed by atoms with E-state index in [9.17, 15) is 30.3 Å². The largest absolute Gasteiger partial charge is 0.394 e. The topological polar surface area (TPSA) is 149 Å². The number of nitrogens with one attached hydrogen (secondary N) is 1. The van der Waals surface area contributed by atoms with E-state index in [0.29, 0.717) is 6.42 Å². The summed E-state index contributed by atoms with van der Waals surface area (Å²) in [5, 5.41) is 54.6. The van der Waals surface area contributed by atoms with E-state index in [1.54, 1.807) is 6.08 Å². The molecule has 0 aromatic heterocycles. The van der Waals surface area contributed by atoms with Crippen molar-refractivity contribution in [3.05, 3.63) is 60.8 Å². The van der Waals surface area contributed by atoms with Gasteiger partial charge in [-0.3, -0.25) is 4.79 Å². The molecule has 75 heavy (non-hydrogen) atoms. The van der Waals surface area contributed by atoms with Crippen molar-refractivity contribution in [2.24, 2.45) is 0 Å². The fraction of sp³-hybridized carbons (Fsp3) is 0.833. The fourth-order valence-corrected chi connectivity index (χ4v) is 10.0. The van der Waals surface area contributed by atoms with Gasteiger partial charge in [0.05, 0.1) is 25.4 Å². The molecule has 0 radical (unpaired) electrons. The molecule has 0 aromatic rings. The molecule has 6 N–H and O–H groups in total. The molecule has 1 fully saturated rings. The number of ether oxygens (including phenoxy) is 2. The van der Waals surface area contributed by atoms with Crippen LogP contribution in [0.1, 0.15) is 296 Å². The Labute approximate surface area is 462 Å². The van der Waals surface area contributed by atoms with Gasteiger partial charge >= 0.3 is 0 Å². The maximum atomic E-state index is 13.1. The summed E-state index contributed by atoms with van der Waals surface area (Å²) in [4.78, 5) is 13.1. The molecule has 1 rings (SSSR count). The van der Waals surface area contributed by atoms with E-state index < -0.39 is 49.5 Å². The molecule has 0 aliphatic carbocycles. The zero-order chi connectivity index (χ0) is 54.3. The molecule has 9 heteroatoms. The van der Waals surface area contributed by atoms with Crippen LogP contribution in [0.15, 0.2) is 60.8 Å². The molecule has 7 atom stereocenters. The second-order valence-corrected chi connectivity index (χ2v) is 22.2. The van der Waals surface area contributed by atoms with Crippen LogP contribution in [0.2, 0.25) is 0 Å². The van der Waals surface area contributed by atoms with Crippen molar-refractivity contribution in [2.45, 2.75) is 339 Å². The summed E-state index contributed by atoms with van der Waals surface area (Å²) in [6, 6.07) is -0.825. The van der Waals surface area contributed by atoms with Crippen molar-refractivity contribution in [3.8, 4) is 0 Å². The lowest BCUT2D eigenvalue weighted by Crippen LogP contribution is -2.60. The van der Waals surface area contributed by atoms with Crippen molar-refractivity contribution in [2.75, 3.05) is 13.2 Å². The first-order valence-electron chi connectivity index (χ1n) is 32.0. The molecule has 1 heterocycles. The lowest BCUT2D eigenvalue weighted by molar-refractivity contribution is -0.302. The van der Waals surface area contributed by atoms with Gasteiger partial charge in [0.1, 0.15) is 24.4 Å². The average molecular weight is 1060 g/mol. The normalized spacial score (nSPS) is 19.3. The Kier molecular flexibility index (Phi) is 52.2. The standard InChI is InChI=1S/C66H121NO8/c1-3-5-7-9-11-13-15-17-19-21-23-25-27-28-29-30-31-32-34-36-38-40-42-44-46-48-50-52-54-56-62(70)67-59(58-74-66-65(73)64(72)63(71)61(57-68)75-66)60(69)55-53-51-49-47-45-43-41-39-37-35-33-26-24-22-20-18-16-14-12-10-8-6-4-2/h15,17,21,23,27-28,45,47,53,55,59-61,63-66,68-69,71-73H,3-14,16,18-20,22,24-26,29-44,46,48-52,54,56-58H2,1-2H3,(H,67,70)/b17-15-,23-21-,28-27-,47-45+,55-53+. The number of rotatable bonds is 55. The van der Waals surface area contributed by atoms with Gasteiger partial charge in [0, 0.05) is 6.42 Å². The van der Waals surface area contributed by atoms with Crippen LogP contribution in [-0.4, -0.2) is 87.5 Å². The van der Waals surface area contributed by atoms with E-state index in [1.807, 2.05) is 6.08 Å². The van der Waals surface area contributed by atoms with E-state index in [4.69, 9.17) is 9.47 Å². The summed E-state index contributed by atoms with van der Waals surface area (Å²) in [5.74, 6) is -0.185. The van der Waals surface area contributed by atoms with Crippen molar-refractivity contribution in [3.63, 3.8) is 0 Å². The molecular weight excluding hydrogens is 935 g/mol. The summed E-state index contributed by atoms with van der Waals surface area (Å²) < 4.78 is 11.3. The third-order valence-corrected chi connectivity index (χ3v) is 15.1. The molecule has 1 aliphatic heterocycles. The predicted molar refractivity (Wildman–Crippen MR) is 318 cm³/mol. The van der Waals surface area contributed by atoms with Gasteiger partial charge < -0.3 is 40.3 Å². The average Bonchev–Trinajstić information content (AvgIpc) is 3.41. The highest BCUT2D eigenvalue weighted by Gasteiger charge is 2.44. The first-order chi connectivity index (χ1) is 36.8. The highest BCUT2D eigenvalue weighted by Crippen LogP contribution is 2.23. The monoisotopic (exact) mass is 1060 g/mol. The number of hydrogen-bond acceptors (Lipinski definition) is 8. The van der Waals surface area contributed by atoms with Gasteiger partial charge in [0.15, 0.2) is 6.29 Å². The smallest absolute Gasteiger partial charge is 0.220 e. The summed E-state index contributed by atoms with van der Waals surface area (Å²) in [6.45, 7) is 3.78. The number of hydrogen-bond donors (Lipinski definition) is 6. The van der Waals surface area contributed by atoms with Gasteiger partial charge in [-0.1, -0.05) is 280 Å². The van der Waals surface area contributed by atoms with Gasteiger partial charge in [-0.2, -0.15) is 0 Å². The Morgan fingerprint density at radius 1 is 0.453 bits per heavy atom. The lowest BCUT2D eigenvalue weighted by Gasteiger charge is -2.40. The Balaban J connectivity index is 2.19. The molecule has 1 aliphatic rings. The van der Waals surface area contributed by atoms with Gasteiger partial charge in [-0.05, 0) is 70.6 Å². The predicted octanol–water partition coefficient (Wildman–Crippen LogP) is 16.6. The third-order valence-electron chi connectivity index (χ3n) is 15.1. The summed E-state index contributed by atoms with van der Waals surface area (Å²) in [7, 11) is 0. The molecule has 7 unspecified atom stereocenters. The second kappa shape index (κ2) is 55.2. The first kappa shape index (κ1) is 70.9. The number of carbonyl (C=O) groups excluding carboxylic acids is 1. The number of allylic oxidation sites excluding steroid dienone is 9. The number of unbranched alkanes of at least 4 members (excludes halogenated alkanes) is 37. The van der Waals surface area contributed by atoms with Crippen molar-refractivity contribution in [1.29, 1.82) is 0 Å². The zero-order valence-corrected chi connectivity index (χ0v) is 48.8. The number of aliphatic hydroxyl groups excluding tert-OH is 5. The van der Waals surface area contributed by atoms with Crippen LogP contribution in [0.4, 0.5) is 0 Å². The van der Waals surface area contributed by atoms with Crippen molar-refractivity contribution in [1.82, 2.24) is 5.32 Å². The Morgan fingerprint density at radius 3 is 1.21 bits per heavy atom. The number of amides is 1. The summed E-state index contributed by atoms with van der Waals surface area (Å²) in [5.41, 5.74) is 0. The molecule has 0 saturated carbocycles. The zero-order valence-electron chi connectivity index (χ0n) is 48.8. The minimum absolute atomic E-state index is 0.185. The van der Waals surface area contributed by atoms with Crippen LogP contribution in [0.5, 0.6) is 0 Å². The van der Waals surface area contributed by atoms with Crippen LogP contribution in [0, 0.1) is 0 Å². The van der Waals surface area contributed by atoms with E-state index in [2.05, 4.69) is 67.8 Å². The molecular formula is C66H121NO8. The van der Waals surface area contributed by atoms with Crippen LogP contribution in [0.25, 0.3) is 0 Å². The minimum Gasteiger partial charge on any atom is -0.394 e. The van der Waals surface area contributed by atoms with Crippen molar-refractivity contribution < 1.29 is 39.8 Å². The molecule has 0 aromatic carbocycles. The van der Waals surface area contributed by atoms with E-state index >= 15 is 0 Å². The van der Waals surface area contributed by atoms with E-state index in [0.717, 1.165) is 51.4 Å². The van der Waals surface area contributed by atoms with Crippen molar-refractivity contribution >= 4 is 5.91 Å². The number of carbonyl (C=O) groups is 1. The molecule has 9 nitrogen and oxygen atoms in total. The Hall–Kier alpha value is -2.11. The maximum absolute atomic E-state index is 13.1. The lowest BCUT2D eigenvalue weighted by atomic mass is 9.99. The van der Waals surface area contributed by atoms with E-state index in [1.165, 1.54) is 225 Å². The van der Waals surface area contributed by atoms with Crippen LogP contribution in [-0.2, 0) is 14.3 Å². The molecule has 1 amide bonds. The van der Waals surface area contributed by atoms with Gasteiger partial charge in [0.25, 0.3) is 0 Å². The second-order valence-electron chi connectivity index (χ2n) is 22.2. The van der Waals surface area contributed by atoms with Gasteiger partial charge in [0.2, 0.25) is 5.91 Å². The van der Waals surface area contributed by atoms with Crippen LogP contribution in [0.3, 0.4) is 0 Å². The maximum Gasteiger partial charge on any atom is 0.220 e. The van der Waals surface area contributed by atoms with Gasteiger partial charge in [-0.25, -0.2) is 0 Å². The SMILES string of the molecule is CCCCCCC/C=C\C/C=C\C/C=C\CCCCCCCCCCCCCCCCC(=O)NC(COC1OC(CO)C(O)C(O)C1O)C(O)/C=C/CC/C=C/CCCCCCCCCCCCCCCCCCC. The van der Waals surface area contributed by atoms with Gasteiger partial charge in [-0.15, -0.1) is 0 Å². The molecule has 438 valence electrons. The highest BCUT2D eigenvalue weighted by atomic mass is 16.7. The van der Waals surface area contributed by atoms with Crippen LogP contribution < -0.4 is 5.32 Å². The van der Waals surface area contributed by atoms with Crippen LogP contribution >= 0.6 is 0 Å². The highest BCUT2D eigenvalue weighted by molar-refractivity contribution is 5.76. The Bertz CT molecular complexity index is 1360. The summed E-state index contributed by atoms with van der Waals surface area (Å²) >= 11 is 0. The fourth-order valence-electron chi connectivity index (χ4n) is 10.0. The number of aliphatic hydroxyl groups is 5. The molecule has 1 saturated heterocycles. The van der Waals surface area contributed by atoms with E-state index in [-0.39, 0.29) is 12.5 Å². The first-order valence-corrected chi connectivity index (χ1v) is 32.0. The third kappa shape index (κ3) is 44.4. The molecule has 0 spiro atoms. The summed E-state index contributed by atoms with van der Waals surface area (Å²) in [6.07, 6.45) is 68.7. The molecule has 0 bridgehead atoms.